The maximum Gasteiger partial charge on any atom is 0.266 e. The lowest BCUT2D eigenvalue weighted by molar-refractivity contribution is -0.110. The molecular formula is C16H14Cl3NO3S. The Labute approximate surface area is 156 Å². The molecule has 2 aromatic carbocycles. The fourth-order valence-corrected chi connectivity index (χ4v) is 4.71. The lowest BCUT2D eigenvalue weighted by Gasteiger charge is -2.25. The Morgan fingerprint density at radius 2 is 1.75 bits per heavy atom. The Balaban J connectivity index is 2.66. The van der Waals surface area contributed by atoms with E-state index in [2.05, 4.69) is 0 Å². The van der Waals surface area contributed by atoms with Crippen molar-refractivity contribution in [3.63, 3.8) is 0 Å². The van der Waals surface area contributed by atoms with E-state index in [0.717, 1.165) is 9.87 Å². The minimum Gasteiger partial charge on any atom is -0.279 e. The van der Waals surface area contributed by atoms with Gasteiger partial charge in [0.05, 0.1) is 10.7 Å². The number of aryl methyl sites for hydroxylation is 2. The summed E-state index contributed by atoms with van der Waals surface area (Å²) in [5, 5.41) is -0.580. The van der Waals surface area contributed by atoms with Crippen LogP contribution in [0.3, 0.4) is 0 Å². The van der Waals surface area contributed by atoms with Gasteiger partial charge in [0.1, 0.15) is 11.4 Å². The zero-order valence-electron chi connectivity index (χ0n) is 12.9. The van der Waals surface area contributed by atoms with Crippen LogP contribution in [0.1, 0.15) is 11.1 Å². The van der Waals surface area contributed by atoms with Gasteiger partial charge in [-0.15, -0.1) is 0 Å². The van der Waals surface area contributed by atoms with Crippen molar-refractivity contribution in [2.24, 2.45) is 0 Å². The molecule has 128 valence electrons. The summed E-state index contributed by atoms with van der Waals surface area (Å²) in [6.45, 7) is 3.12. The lowest BCUT2D eigenvalue weighted by Crippen LogP contribution is -2.35. The van der Waals surface area contributed by atoms with Crippen LogP contribution in [0.25, 0.3) is 0 Å². The smallest absolute Gasteiger partial charge is 0.266 e. The van der Waals surface area contributed by atoms with Crippen LogP contribution in [0.2, 0.25) is 10.0 Å². The highest BCUT2D eigenvalue weighted by atomic mass is 35.5. The average Bonchev–Trinajstić information content (AvgIpc) is 2.47. The summed E-state index contributed by atoms with van der Waals surface area (Å²) < 4.78 is 27.0. The van der Waals surface area contributed by atoms with E-state index in [4.69, 9.17) is 34.8 Å². The molecule has 0 fully saturated rings. The zero-order chi connectivity index (χ0) is 18.1. The molecule has 0 aliphatic rings. The van der Waals surface area contributed by atoms with E-state index in [1.54, 1.807) is 19.1 Å². The van der Waals surface area contributed by atoms with E-state index < -0.39 is 21.8 Å². The fourth-order valence-electron chi connectivity index (χ4n) is 2.29. The molecule has 0 saturated carbocycles. The Bertz CT molecular complexity index is 897. The van der Waals surface area contributed by atoms with Gasteiger partial charge in [-0.25, -0.2) is 8.42 Å². The number of nitrogens with zero attached hydrogens (tertiary/aromatic N) is 1. The summed E-state index contributed by atoms with van der Waals surface area (Å²) in [7, 11) is -4.13. The molecule has 0 heterocycles. The van der Waals surface area contributed by atoms with E-state index in [-0.39, 0.29) is 14.9 Å². The Hall–Kier alpha value is -1.27. The lowest BCUT2D eigenvalue weighted by atomic mass is 10.1. The van der Waals surface area contributed by atoms with E-state index >= 15 is 0 Å². The normalized spacial score (nSPS) is 11.4. The predicted molar refractivity (Wildman–Crippen MR) is 97.8 cm³/mol. The summed E-state index contributed by atoms with van der Waals surface area (Å²) >= 11 is 17.4. The van der Waals surface area contributed by atoms with Gasteiger partial charge in [-0.05, 0) is 55.3 Å². The molecule has 8 heteroatoms. The molecule has 0 aliphatic heterocycles. The topological polar surface area (TPSA) is 54.5 Å². The average molecular weight is 407 g/mol. The second-order valence-electron chi connectivity index (χ2n) is 5.23. The van der Waals surface area contributed by atoms with Gasteiger partial charge >= 0.3 is 0 Å². The van der Waals surface area contributed by atoms with Crippen molar-refractivity contribution in [2.45, 2.75) is 18.7 Å². The zero-order valence-corrected chi connectivity index (χ0v) is 16.0. The molecule has 0 amide bonds. The summed E-state index contributed by atoms with van der Waals surface area (Å²) in [4.78, 5) is 11.3. The van der Waals surface area contributed by atoms with Crippen LogP contribution in [0.15, 0.2) is 41.3 Å². The molecule has 0 unspecified atom stereocenters. The van der Waals surface area contributed by atoms with Gasteiger partial charge in [-0.1, -0.05) is 40.9 Å². The first-order valence-corrected chi connectivity index (χ1v) is 9.43. The van der Waals surface area contributed by atoms with Gasteiger partial charge in [0, 0.05) is 5.02 Å². The predicted octanol–water partition coefficient (Wildman–Crippen LogP) is 4.57. The van der Waals surface area contributed by atoms with Crippen molar-refractivity contribution in [1.82, 2.24) is 0 Å². The number of halogens is 3. The van der Waals surface area contributed by atoms with Crippen LogP contribution < -0.4 is 4.31 Å². The third-order valence-corrected chi connectivity index (χ3v) is 5.95. The number of hydrogen-bond acceptors (Lipinski definition) is 3. The second kappa shape index (κ2) is 7.31. The number of carbonyl (C=O) groups is 1. The molecule has 0 atom stereocenters. The van der Waals surface area contributed by atoms with E-state index in [9.17, 15) is 13.2 Å². The van der Waals surface area contributed by atoms with Crippen molar-refractivity contribution >= 4 is 55.8 Å². The van der Waals surface area contributed by atoms with Gasteiger partial charge in [0.15, 0.2) is 0 Å². The quantitative estimate of drug-likeness (QED) is 0.683. The number of sulfonamides is 1. The van der Waals surface area contributed by atoms with Crippen LogP contribution in [0.4, 0.5) is 5.69 Å². The molecule has 0 spiro atoms. The highest BCUT2D eigenvalue weighted by molar-refractivity contribution is 7.93. The molecular weight excluding hydrogens is 393 g/mol. The number of rotatable bonds is 5. The number of carbonyl (C=O) groups excluding carboxylic acids is 1. The summed E-state index contributed by atoms with van der Waals surface area (Å²) in [6.07, 6.45) is 0. The summed E-state index contributed by atoms with van der Waals surface area (Å²) in [5.41, 5.74) is 2.01. The van der Waals surface area contributed by atoms with Crippen molar-refractivity contribution in [3.05, 3.63) is 57.6 Å². The first-order valence-electron chi connectivity index (χ1n) is 6.86. The monoisotopic (exact) mass is 405 g/mol. The van der Waals surface area contributed by atoms with Crippen molar-refractivity contribution in [1.29, 1.82) is 0 Å². The van der Waals surface area contributed by atoms with Crippen molar-refractivity contribution < 1.29 is 13.2 Å². The molecule has 0 radical (unpaired) electrons. The fraction of sp³-hybridized carbons (Fsp3) is 0.188. The molecule has 0 aliphatic carbocycles. The summed E-state index contributed by atoms with van der Waals surface area (Å²) in [6, 6.07) is 9.31. The van der Waals surface area contributed by atoms with Crippen molar-refractivity contribution in [2.75, 3.05) is 10.8 Å². The largest absolute Gasteiger partial charge is 0.279 e. The van der Waals surface area contributed by atoms with E-state index in [0.29, 0.717) is 11.3 Å². The Kier molecular flexibility index (Phi) is 5.81. The van der Waals surface area contributed by atoms with Crippen LogP contribution in [0.5, 0.6) is 0 Å². The molecule has 0 N–H and O–H groups in total. The van der Waals surface area contributed by atoms with E-state index in [1.807, 2.05) is 13.0 Å². The van der Waals surface area contributed by atoms with Crippen LogP contribution in [-0.4, -0.2) is 20.2 Å². The highest BCUT2D eigenvalue weighted by Crippen LogP contribution is 2.32. The number of anilines is 1. The van der Waals surface area contributed by atoms with Gasteiger partial charge in [-0.3, -0.25) is 9.10 Å². The molecule has 0 bridgehead atoms. The molecule has 24 heavy (non-hydrogen) atoms. The number of hydrogen-bond donors (Lipinski definition) is 0. The van der Waals surface area contributed by atoms with Crippen LogP contribution in [-0.2, 0) is 14.8 Å². The third-order valence-electron chi connectivity index (χ3n) is 3.35. The molecule has 2 aromatic rings. The Morgan fingerprint density at radius 1 is 1.08 bits per heavy atom. The Morgan fingerprint density at radius 3 is 2.33 bits per heavy atom. The minimum atomic E-state index is -4.13. The van der Waals surface area contributed by atoms with Gasteiger partial charge in [0.25, 0.3) is 10.0 Å². The van der Waals surface area contributed by atoms with Crippen LogP contribution >= 0.6 is 34.8 Å². The van der Waals surface area contributed by atoms with Gasteiger partial charge in [0.2, 0.25) is 5.24 Å². The minimum absolute atomic E-state index is 0.0104. The van der Waals surface area contributed by atoms with Gasteiger partial charge in [-0.2, -0.15) is 0 Å². The highest BCUT2D eigenvalue weighted by Gasteiger charge is 2.30. The third kappa shape index (κ3) is 4.03. The molecule has 0 aromatic heterocycles. The van der Waals surface area contributed by atoms with E-state index in [1.165, 1.54) is 18.2 Å². The molecule has 4 nitrogen and oxygen atoms in total. The molecule has 0 saturated heterocycles. The maximum atomic E-state index is 13.1. The first kappa shape index (κ1) is 19.1. The first-order chi connectivity index (χ1) is 11.1. The summed E-state index contributed by atoms with van der Waals surface area (Å²) in [5.74, 6) is 0. The van der Waals surface area contributed by atoms with Gasteiger partial charge < -0.3 is 0 Å². The second-order valence-corrected chi connectivity index (χ2v) is 8.33. The SMILES string of the molecule is Cc1ccc(N(CC(=O)Cl)S(=O)(=O)c2cc(Cl)ccc2Cl)c(C)c1. The van der Waals surface area contributed by atoms with Crippen LogP contribution in [0, 0.1) is 13.8 Å². The standard InChI is InChI=1S/C16H14Cl3NO3S/c1-10-3-6-14(11(2)7-10)20(9-16(19)21)24(22,23)15-8-12(17)4-5-13(15)18/h3-8H,9H2,1-2H3. The van der Waals surface area contributed by atoms with Crippen molar-refractivity contribution in [3.8, 4) is 0 Å². The molecule has 2 rings (SSSR count). The number of benzene rings is 2. The maximum absolute atomic E-state index is 13.1.